The molecule has 0 unspecified atom stereocenters. The molecule has 0 aliphatic rings. The Kier molecular flexibility index (Phi) is 6.63. The lowest BCUT2D eigenvalue weighted by Gasteiger charge is -2.28. The van der Waals surface area contributed by atoms with Crippen LogP contribution in [0.1, 0.15) is 28.8 Å². The van der Waals surface area contributed by atoms with E-state index in [9.17, 15) is 9.59 Å². The van der Waals surface area contributed by atoms with Crippen molar-refractivity contribution in [3.05, 3.63) is 71.8 Å². The highest BCUT2D eigenvalue weighted by molar-refractivity contribution is 6.73. The zero-order valence-corrected chi connectivity index (χ0v) is 16.9. The molecule has 0 aliphatic carbocycles. The first kappa shape index (κ1) is 19.8. The van der Waals surface area contributed by atoms with Crippen LogP contribution in [0.3, 0.4) is 0 Å². The van der Waals surface area contributed by atoms with Crippen LogP contribution in [-0.4, -0.2) is 37.2 Å². The zero-order chi connectivity index (χ0) is 19.2. The maximum Gasteiger partial charge on any atom is 0.170 e. The van der Waals surface area contributed by atoms with Crippen molar-refractivity contribution in [3.8, 4) is 0 Å². The van der Waals surface area contributed by atoms with E-state index in [1.165, 1.54) is 0 Å². The Morgan fingerprint density at radius 1 is 0.846 bits per heavy atom. The average molecular weight is 367 g/mol. The van der Waals surface area contributed by atoms with Crippen LogP contribution >= 0.6 is 0 Å². The van der Waals surface area contributed by atoms with Crippen LogP contribution in [0.15, 0.2) is 65.8 Å². The Balaban J connectivity index is 2.17. The van der Waals surface area contributed by atoms with Gasteiger partial charge in [-0.05, 0) is 5.56 Å². The molecule has 0 saturated carbocycles. The molecule has 26 heavy (non-hydrogen) atoms. The Morgan fingerprint density at radius 2 is 1.35 bits per heavy atom. The quantitative estimate of drug-likeness (QED) is 0.229. The van der Waals surface area contributed by atoms with Crippen molar-refractivity contribution >= 4 is 25.5 Å². The van der Waals surface area contributed by atoms with Crippen LogP contribution in [0.4, 0.5) is 0 Å². The van der Waals surface area contributed by atoms with Gasteiger partial charge in [-0.2, -0.15) is 5.10 Å². The molecule has 4 nitrogen and oxygen atoms in total. The maximum absolute atomic E-state index is 12.5. The van der Waals surface area contributed by atoms with Crippen molar-refractivity contribution < 1.29 is 9.59 Å². The zero-order valence-electron chi connectivity index (χ0n) is 15.9. The summed E-state index contributed by atoms with van der Waals surface area (Å²) in [6, 6.07) is 18.6. The highest BCUT2D eigenvalue weighted by Crippen LogP contribution is 2.13. The lowest BCUT2D eigenvalue weighted by molar-refractivity contribution is -0.117. The topological polar surface area (TPSA) is 49.7 Å². The van der Waals surface area contributed by atoms with Crippen molar-refractivity contribution in [1.29, 1.82) is 0 Å². The second kappa shape index (κ2) is 8.72. The summed E-state index contributed by atoms with van der Waals surface area (Å²) in [5, 5.41) is 4.72. The summed E-state index contributed by atoms with van der Waals surface area (Å²) < 4.78 is 1.99. The van der Waals surface area contributed by atoms with Crippen LogP contribution in [0.2, 0.25) is 19.6 Å². The van der Waals surface area contributed by atoms with Gasteiger partial charge in [0.05, 0.1) is 18.6 Å². The van der Waals surface area contributed by atoms with Crippen molar-refractivity contribution in [2.45, 2.75) is 32.5 Å². The average Bonchev–Trinajstić information content (AvgIpc) is 2.61. The van der Waals surface area contributed by atoms with Gasteiger partial charge in [0.2, 0.25) is 0 Å². The van der Waals surface area contributed by atoms with E-state index in [4.69, 9.17) is 5.10 Å². The number of ketones is 2. The number of hydrogen-bond donors (Lipinski definition) is 0. The summed E-state index contributed by atoms with van der Waals surface area (Å²) in [7, 11) is 0.329. The maximum atomic E-state index is 12.5. The van der Waals surface area contributed by atoms with Crippen LogP contribution < -0.4 is 0 Å². The highest BCUT2D eigenvalue weighted by atomic mass is 28.3. The Labute approximate surface area is 156 Å². The SMILES string of the molecule is CN(/N=C(\CC(=O)CC(=O)c1ccccc1)c1ccccc1)[Si](C)(C)C. The second-order valence-corrected chi connectivity index (χ2v) is 12.3. The number of Topliss-reactive ketones (excluding diaryl/α,β-unsaturated/α-hetero) is 2. The largest absolute Gasteiger partial charge is 0.327 e. The number of carbonyl (C=O) groups excluding carboxylic acids is 2. The van der Waals surface area contributed by atoms with Crippen LogP contribution in [0, 0.1) is 0 Å². The van der Waals surface area contributed by atoms with E-state index in [0.717, 1.165) is 5.56 Å². The molecule has 0 aromatic heterocycles. The van der Waals surface area contributed by atoms with Crippen LogP contribution in [0.5, 0.6) is 0 Å². The molecule has 0 amide bonds. The molecule has 2 aromatic carbocycles. The first-order valence-corrected chi connectivity index (χ1v) is 12.2. The third-order valence-corrected chi connectivity index (χ3v) is 6.21. The fraction of sp³-hybridized carbons (Fsp3) is 0.286. The number of rotatable bonds is 8. The highest BCUT2D eigenvalue weighted by Gasteiger charge is 2.21. The number of hydrogen-bond acceptors (Lipinski definition) is 4. The molecule has 0 N–H and O–H groups in total. The van der Waals surface area contributed by atoms with Crippen molar-refractivity contribution in [1.82, 2.24) is 4.67 Å². The number of hydrazone groups is 1. The lowest BCUT2D eigenvalue weighted by atomic mass is 10.00. The van der Waals surface area contributed by atoms with E-state index in [0.29, 0.717) is 11.3 Å². The van der Waals surface area contributed by atoms with Gasteiger partial charge < -0.3 is 4.67 Å². The van der Waals surface area contributed by atoms with E-state index < -0.39 is 8.24 Å². The van der Waals surface area contributed by atoms with Gasteiger partial charge in [0.15, 0.2) is 14.0 Å². The van der Waals surface area contributed by atoms with Gasteiger partial charge >= 0.3 is 0 Å². The summed E-state index contributed by atoms with van der Waals surface area (Å²) in [6.45, 7) is 6.58. The Hall–Kier alpha value is -2.53. The van der Waals surface area contributed by atoms with E-state index >= 15 is 0 Å². The van der Waals surface area contributed by atoms with Gasteiger partial charge in [-0.15, -0.1) is 0 Å². The fourth-order valence-electron chi connectivity index (χ4n) is 2.31. The molecule has 0 aliphatic heterocycles. The molecule has 0 atom stereocenters. The van der Waals surface area contributed by atoms with Crippen LogP contribution in [0.25, 0.3) is 0 Å². The minimum Gasteiger partial charge on any atom is -0.327 e. The minimum atomic E-state index is -1.62. The third kappa shape index (κ3) is 5.77. The van der Waals surface area contributed by atoms with Gasteiger partial charge in [0.1, 0.15) is 5.78 Å². The lowest BCUT2D eigenvalue weighted by Crippen LogP contribution is -2.40. The minimum absolute atomic E-state index is 0.105. The number of benzene rings is 2. The van der Waals surface area contributed by atoms with Gasteiger partial charge in [-0.1, -0.05) is 80.3 Å². The standard InChI is InChI=1S/C21H26N2O2Si/c1-23(26(2,3)4)22-20(17-11-7-5-8-12-17)15-19(24)16-21(25)18-13-9-6-10-14-18/h5-14H,15-16H2,1-4H3/b22-20+. The molecular formula is C21H26N2O2Si. The molecule has 0 fully saturated rings. The van der Waals surface area contributed by atoms with Gasteiger partial charge in [-0.25, -0.2) is 0 Å². The Bertz CT molecular complexity index is 781. The molecule has 2 aromatic rings. The predicted molar refractivity (Wildman–Crippen MR) is 109 cm³/mol. The molecule has 2 rings (SSSR count). The molecule has 0 spiro atoms. The fourth-order valence-corrected chi connectivity index (χ4v) is 2.73. The molecule has 0 radical (unpaired) electrons. The summed E-state index contributed by atoms with van der Waals surface area (Å²) in [4.78, 5) is 24.8. The van der Waals surface area contributed by atoms with Crippen LogP contribution in [-0.2, 0) is 4.79 Å². The molecule has 0 saturated heterocycles. The van der Waals surface area contributed by atoms with Gasteiger partial charge in [0, 0.05) is 12.6 Å². The van der Waals surface area contributed by atoms with E-state index in [2.05, 4.69) is 19.6 Å². The first-order valence-electron chi connectivity index (χ1n) is 8.74. The Morgan fingerprint density at radius 3 is 1.85 bits per heavy atom. The van der Waals surface area contributed by atoms with E-state index in [1.807, 2.05) is 48.1 Å². The predicted octanol–water partition coefficient (Wildman–Crippen LogP) is 4.39. The summed E-state index contributed by atoms with van der Waals surface area (Å²) in [5.41, 5.74) is 2.19. The van der Waals surface area contributed by atoms with Crippen molar-refractivity contribution in [2.75, 3.05) is 7.05 Å². The summed E-state index contributed by atoms with van der Waals surface area (Å²) >= 11 is 0. The van der Waals surface area contributed by atoms with Gasteiger partial charge in [0.25, 0.3) is 0 Å². The first-order chi connectivity index (χ1) is 12.3. The summed E-state index contributed by atoms with van der Waals surface area (Å²) in [6.07, 6.45) is 0.0456. The van der Waals surface area contributed by atoms with Crippen molar-refractivity contribution in [3.63, 3.8) is 0 Å². The van der Waals surface area contributed by atoms with Crippen molar-refractivity contribution in [2.24, 2.45) is 5.10 Å². The molecule has 0 heterocycles. The van der Waals surface area contributed by atoms with Gasteiger partial charge in [-0.3, -0.25) is 9.59 Å². The molecular weight excluding hydrogens is 340 g/mol. The monoisotopic (exact) mass is 366 g/mol. The molecule has 136 valence electrons. The normalized spacial score (nSPS) is 11.9. The van der Waals surface area contributed by atoms with E-state index in [-0.39, 0.29) is 24.4 Å². The number of nitrogens with zero attached hydrogens (tertiary/aromatic N) is 2. The third-order valence-electron chi connectivity index (χ3n) is 4.17. The number of carbonyl (C=O) groups is 2. The van der Waals surface area contributed by atoms with E-state index in [1.54, 1.807) is 24.3 Å². The second-order valence-electron chi connectivity index (χ2n) is 7.29. The molecule has 5 heteroatoms. The summed E-state index contributed by atoms with van der Waals surface area (Å²) in [5.74, 6) is -0.271. The molecule has 0 bridgehead atoms. The smallest absolute Gasteiger partial charge is 0.170 e.